The van der Waals surface area contributed by atoms with Crippen molar-refractivity contribution < 1.29 is 14.3 Å². The number of carbonyl (C=O) groups is 1. The summed E-state index contributed by atoms with van der Waals surface area (Å²) in [5.74, 6) is 1.52. The average molecular weight is 407 g/mol. The van der Waals surface area contributed by atoms with Crippen LogP contribution in [0.25, 0.3) is 0 Å². The largest absolute Gasteiger partial charge is 0.492 e. The molecule has 0 fully saturated rings. The summed E-state index contributed by atoms with van der Waals surface area (Å²) in [5, 5.41) is 0. The van der Waals surface area contributed by atoms with Gasteiger partial charge in [0.1, 0.15) is 23.0 Å². The highest BCUT2D eigenvalue weighted by Crippen LogP contribution is 2.16. The van der Waals surface area contributed by atoms with E-state index in [9.17, 15) is 4.79 Å². The number of anilines is 1. The lowest BCUT2D eigenvalue weighted by atomic mass is 10.1. The van der Waals surface area contributed by atoms with Crippen molar-refractivity contribution in [3.8, 4) is 5.75 Å². The Morgan fingerprint density at radius 3 is 2.64 bits per heavy atom. The Morgan fingerprint density at radius 1 is 1.24 bits per heavy atom. The summed E-state index contributed by atoms with van der Waals surface area (Å²) in [5.41, 5.74) is 1.16. The predicted octanol–water partition coefficient (Wildman–Crippen LogP) is 3.47. The number of methoxy groups -OCH3 is 1. The fourth-order valence-electron chi connectivity index (χ4n) is 2.29. The Morgan fingerprint density at radius 2 is 2.00 bits per heavy atom. The molecule has 0 bridgehead atoms. The minimum Gasteiger partial charge on any atom is -0.492 e. The number of hydrogen-bond acceptors (Lipinski definition) is 5. The highest BCUT2D eigenvalue weighted by molar-refractivity contribution is 9.10. The number of carbonyl (C=O) groups excluding carboxylic acids is 1. The minimum absolute atomic E-state index is 0.239. The maximum Gasteiger partial charge on any atom is 0.319 e. The third-order valence-corrected chi connectivity index (χ3v) is 4.63. The van der Waals surface area contributed by atoms with Gasteiger partial charge in [-0.2, -0.15) is 0 Å². The molecule has 0 saturated heterocycles. The summed E-state index contributed by atoms with van der Waals surface area (Å²) >= 11 is 3.33. The number of esters is 1. The molecule has 25 heavy (non-hydrogen) atoms. The average Bonchev–Trinajstić information content (AvgIpc) is 2.67. The molecule has 1 heterocycles. The summed E-state index contributed by atoms with van der Waals surface area (Å²) in [6, 6.07) is 13.8. The number of likely N-dealkylation sites (N-methyl/N-ethyl adjacent to an activating group) is 1. The van der Waals surface area contributed by atoms with Gasteiger partial charge in [0.05, 0.1) is 13.7 Å². The Hall–Kier alpha value is -2.08. The van der Waals surface area contributed by atoms with Gasteiger partial charge in [0.25, 0.3) is 0 Å². The smallest absolute Gasteiger partial charge is 0.319 e. The van der Waals surface area contributed by atoms with E-state index in [2.05, 4.69) is 25.8 Å². The first-order valence-electron chi connectivity index (χ1n) is 8.16. The van der Waals surface area contributed by atoms with Gasteiger partial charge in [0.2, 0.25) is 0 Å². The van der Waals surface area contributed by atoms with Crippen LogP contribution in [0.1, 0.15) is 12.0 Å². The summed E-state index contributed by atoms with van der Waals surface area (Å²) < 4.78 is 10.5. The van der Waals surface area contributed by atoms with Gasteiger partial charge in [0, 0.05) is 13.2 Å². The van der Waals surface area contributed by atoms with E-state index in [1.807, 2.05) is 49.5 Å². The molecule has 0 aliphatic rings. The standard InChI is InChI=1S/C19H23BrN2O3/c1-22(18-5-3-4-12-21-18)13-14-25-16-9-6-15(7-10-16)8-11-17(20)19(23)24-2/h3-7,9-10,12,17H,8,11,13-14H2,1-2H3. The molecule has 0 aliphatic heterocycles. The number of rotatable bonds is 9. The Balaban J connectivity index is 1.74. The number of pyridine rings is 1. The van der Waals surface area contributed by atoms with Crippen molar-refractivity contribution in [2.75, 3.05) is 32.2 Å². The molecule has 0 aliphatic carbocycles. The molecule has 2 aromatic rings. The molecular weight excluding hydrogens is 384 g/mol. The van der Waals surface area contributed by atoms with Crippen LogP contribution in [0, 0.1) is 0 Å². The van der Waals surface area contributed by atoms with E-state index in [1.54, 1.807) is 6.20 Å². The van der Waals surface area contributed by atoms with E-state index in [-0.39, 0.29) is 10.8 Å². The molecule has 1 unspecified atom stereocenters. The van der Waals surface area contributed by atoms with Crippen LogP contribution in [0.4, 0.5) is 5.82 Å². The zero-order chi connectivity index (χ0) is 18.1. The predicted molar refractivity (Wildman–Crippen MR) is 102 cm³/mol. The van der Waals surface area contributed by atoms with E-state index < -0.39 is 0 Å². The molecule has 0 saturated carbocycles. The molecule has 1 aromatic heterocycles. The van der Waals surface area contributed by atoms with Gasteiger partial charge in [-0.1, -0.05) is 34.1 Å². The number of aromatic nitrogens is 1. The van der Waals surface area contributed by atoms with Crippen molar-refractivity contribution in [3.05, 3.63) is 54.2 Å². The molecule has 6 heteroatoms. The van der Waals surface area contributed by atoms with E-state index >= 15 is 0 Å². The number of halogens is 1. The Bertz CT molecular complexity index is 649. The van der Waals surface area contributed by atoms with Gasteiger partial charge in [-0.3, -0.25) is 4.79 Å². The molecule has 2 rings (SSSR count). The van der Waals surface area contributed by atoms with Gasteiger partial charge in [-0.05, 0) is 42.7 Å². The number of ether oxygens (including phenoxy) is 2. The number of benzene rings is 1. The van der Waals surface area contributed by atoms with Crippen molar-refractivity contribution in [2.24, 2.45) is 0 Å². The molecule has 1 aromatic carbocycles. The number of alkyl halides is 1. The highest BCUT2D eigenvalue weighted by atomic mass is 79.9. The van der Waals surface area contributed by atoms with Crippen molar-refractivity contribution in [1.29, 1.82) is 0 Å². The summed E-state index contributed by atoms with van der Waals surface area (Å²) in [7, 11) is 3.39. The molecule has 134 valence electrons. The first-order valence-corrected chi connectivity index (χ1v) is 9.07. The molecule has 1 atom stereocenters. The monoisotopic (exact) mass is 406 g/mol. The number of aryl methyl sites for hydroxylation is 1. The molecule has 0 radical (unpaired) electrons. The normalized spacial score (nSPS) is 11.6. The van der Waals surface area contributed by atoms with Crippen LogP contribution >= 0.6 is 15.9 Å². The number of hydrogen-bond donors (Lipinski definition) is 0. The second-order valence-electron chi connectivity index (χ2n) is 5.63. The van der Waals surface area contributed by atoms with Crippen LogP contribution in [0.2, 0.25) is 0 Å². The lowest BCUT2D eigenvalue weighted by Gasteiger charge is -2.18. The topological polar surface area (TPSA) is 51.7 Å². The Kier molecular flexibility index (Phi) is 7.73. The van der Waals surface area contributed by atoms with Crippen molar-refractivity contribution in [3.63, 3.8) is 0 Å². The Labute approximate surface area is 157 Å². The maximum absolute atomic E-state index is 11.4. The highest BCUT2D eigenvalue weighted by Gasteiger charge is 2.14. The van der Waals surface area contributed by atoms with E-state index in [0.717, 1.165) is 30.1 Å². The van der Waals surface area contributed by atoms with Crippen LogP contribution in [0.3, 0.4) is 0 Å². The van der Waals surface area contributed by atoms with Gasteiger partial charge in [-0.25, -0.2) is 4.98 Å². The zero-order valence-corrected chi connectivity index (χ0v) is 16.1. The van der Waals surface area contributed by atoms with Gasteiger partial charge >= 0.3 is 5.97 Å². The van der Waals surface area contributed by atoms with Crippen molar-refractivity contribution in [1.82, 2.24) is 4.98 Å². The van der Waals surface area contributed by atoms with Crippen LogP contribution in [0.5, 0.6) is 5.75 Å². The van der Waals surface area contributed by atoms with Crippen LogP contribution in [0.15, 0.2) is 48.7 Å². The first kappa shape index (κ1) is 19.2. The third kappa shape index (κ3) is 6.38. The van der Waals surface area contributed by atoms with Crippen molar-refractivity contribution >= 4 is 27.7 Å². The van der Waals surface area contributed by atoms with Crippen LogP contribution in [-0.2, 0) is 16.0 Å². The van der Waals surface area contributed by atoms with E-state index in [4.69, 9.17) is 9.47 Å². The summed E-state index contributed by atoms with van der Waals surface area (Å²) in [6.07, 6.45) is 3.28. The molecule has 5 nitrogen and oxygen atoms in total. The summed E-state index contributed by atoms with van der Waals surface area (Å²) in [4.78, 5) is 17.5. The fraction of sp³-hybridized carbons (Fsp3) is 0.368. The second-order valence-corrected chi connectivity index (χ2v) is 6.74. The quantitative estimate of drug-likeness (QED) is 0.471. The molecule has 0 N–H and O–H groups in total. The lowest BCUT2D eigenvalue weighted by Crippen LogP contribution is -2.24. The third-order valence-electron chi connectivity index (χ3n) is 3.80. The van der Waals surface area contributed by atoms with Crippen molar-refractivity contribution in [2.45, 2.75) is 17.7 Å². The van der Waals surface area contributed by atoms with Gasteiger partial charge < -0.3 is 14.4 Å². The van der Waals surface area contributed by atoms with Crippen LogP contribution < -0.4 is 9.64 Å². The molecular formula is C19H23BrN2O3. The second kappa shape index (κ2) is 10.0. The number of nitrogens with zero attached hydrogens (tertiary/aromatic N) is 2. The fourth-order valence-corrected chi connectivity index (χ4v) is 2.70. The molecule has 0 spiro atoms. The summed E-state index contributed by atoms with van der Waals surface area (Å²) in [6.45, 7) is 1.33. The van der Waals surface area contributed by atoms with E-state index in [0.29, 0.717) is 13.0 Å². The zero-order valence-electron chi connectivity index (χ0n) is 14.5. The van der Waals surface area contributed by atoms with Gasteiger partial charge in [0.15, 0.2) is 0 Å². The van der Waals surface area contributed by atoms with E-state index in [1.165, 1.54) is 7.11 Å². The molecule has 0 amide bonds. The maximum atomic E-state index is 11.4. The van der Waals surface area contributed by atoms with Crippen LogP contribution in [-0.4, -0.2) is 43.1 Å². The minimum atomic E-state index is -0.268. The lowest BCUT2D eigenvalue weighted by molar-refractivity contribution is -0.139. The SMILES string of the molecule is COC(=O)C(Br)CCc1ccc(OCCN(C)c2ccccn2)cc1. The van der Waals surface area contributed by atoms with Gasteiger partial charge in [-0.15, -0.1) is 0 Å². The first-order chi connectivity index (χ1) is 12.1.